The zero-order valence-electron chi connectivity index (χ0n) is 27.6. The largest absolute Gasteiger partial charge is 0.489 e. The van der Waals surface area contributed by atoms with Gasteiger partial charge in [0.25, 0.3) is 0 Å². The standard InChI is InChI=1S/C35H32ClF3N8O3S/c1-16(18-5-7-22(48-2)43-31(18)41)47-10-11-49-29-25-28(44-34(45-33(25)47)50-15-35-8-3-9-46(35)14-17(37)12-35)27(39)24(26(29)36)19-4-6-21(38)30-23(19)20(13-40)32(42)51-30/h4-7,16-17H,3,8-12,14-15,42H2,1-2H3,(H2,41,43)/t16-,17-,35+/m1/s1. The number of fused-ring (bicyclic) bond motifs is 2. The Morgan fingerprint density at radius 2 is 2.00 bits per heavy atom. The van der Waals surface area contributed by atoms with E-state index in [9.17, 15) is 9.65 Å². The van der Waals surface area contributed by atoms with Crippen LogP contribution in [0.4, 0.5) is 29.8 Å². The first-order valence-corrected chi connectivity index (χ1v) is 17.6. The monoisotopic (exact) mass is 736 g/mol. The molecule has 2 fully saturated rings. The van der Waals surface area contributed by atoms with Crippen LogP contribution in [0.5, 0.6) is 17.6 Å². The normalized spacial score (nSPS) is 20.6. The molecule has 0 saturated carbocycles. The number of aromatic nitrogens is 3. The van der Waals surface area contributed by atoms with Gasteiger partial charge in [-0.2, -0.15) is 20.2 Å². The van der Waals surface area contributed by atoms with Gasteiger partial charge in [0, 0.05) is 35.5 Å². The van der Waals surface area contributed by atoms with Gasteiger partial charge >= 0.3 is 6.01 Å². The number of nitriles is 1. The van der Waals surface area contributed by atoms with Crippen molar-refractivity contribution in [3.8, 4) is 34.8 Å². The second kappa shape index (κ2) is 12.5. The number of ether oxygens (including phenoxy) is 3. The Morgan fingerprint density at radius 1 is 1.18 bits per heavy atom. The van der Waals surface area contributed by atoms with Crippen molar-refractivity contribution in [2.75, 3.05) is 56.3 Å². The van der Waals surface area contributed by atoms with Gasteiger partial charge in [-0.15, -0.1) is 11.3 Å². The fourth-order valence-corrected chi connectivity index (χ4v) is 9.15. The fraction of sp³-hybridized carbons (Fsp3) is 0.371. The summed E-state index contributed by atoms with van der Waals surface area (Å²) in [6.45, 7) is 3.47. The van der Waals surface area contributed by atoms with E-state index in [1.807, 2.05) is 17.9 Å². The summed E-state index contributed by atoms with van der Waals surface area (Å²) in [5.74, 6) is -0.508. The molecule has 0 radical (unpaired) electrons. The van der Waals surface area contributed by atoms with Crippen LogP contribution in [0.15, 0.2) is 24.3 Å². The number of hydrogen-bond donors (Lipinski definition) is 2. The Kier molecular flexibility index (Phi) is 8.16. The molecule has 3 aliphatic rings. The number of nitrogens with two attached hydrogens (primary N) is 2. The molecule has 0 bridgehead atoms. The molecule has 51 heavy (non-hydrogen) atoms. The predicted octanol–water partition coefficient (Wildman–Crippen LogP) is 6.80. The van der Waals surface area contributed by atoms with E-state index in [0.29, 0.717) is 24.4 Å². The van der Waals surface area contributed by atoms with E-state index in [1.54, 1.807) is 12.1 Å². The van der Waals surface area contributed by atoms with Crippen molar-refractivity contribution >= 4 is 60.6 Å². The molecule has 8 rings (SSSR count). The van der Waals surface area contributed by atoms with E-state index in [1.165, 1.54) is 19.2 Å². The molecule has 5 aromatic rings. The van der Waals surface area contributed by atoms with Gasteiger partial charge < -0.3 is 30.6 Å². The summed E-state index contributed by atoms with van der Waals surface area (Å²) in [6, 6.07) is 7.47. The highest BCUT2D eigenvalue weighted by molar-refractivity contribution is 7.23. The van der Waals surface area contributed by atoms with Crippen molar-refractivity contribution < 1.29 is 27.4 Å². The van der Waals surface area contributed by atoms with Crippen LogP contribution in [-0.2, 0) is 0 Å². The molecule has 2 saturated heterocycles. The molecular formula is C35H32ClF3N8O3S. The van der Waals surface area contributed by atoms with Crippen molar-refractivity contribution in [1.29, 1.82) is 5.26 Å². The molecule has 3 aliphatic heterocycles. The quantitative estimate of drug-likeness (QED) is 0.182. The van der Waals surface area contributed by atoms with Crippen LogP contribution in [0.25, 0.3) is 32.1 Å². The van der Waals surface area contributed by atoms with Gasteiger partial charge in [0.2, 0.25) is 5.88 Å². The maximum atomic E-state index is 17.3. The SMILES string of the molecule is COc1ccc([C@@H](C)N2CCOc3c(Cl)c(-c4ccc(F)c5sc(N)c(C#N)c45)c(F)c4nc(OC[C@@]56CCCN5C[C@H](F)C6)nc2c34)c(N)n1. The summed E-state index contributed by atoms with van der Waals surface area (Å²) in [5.41, 5.74) is 12.5. The first kappa shape index (κ1) is 33.4. The van der Waals surface area contributed by atoms with Crippen molar-refractivity contribution in [2.45, 2.75) is 43.9 Å². The molecule has 264 valence electrons. The lowest BCUT2D eigenvalue weighted by atomic mass is 9.95. The highest BCUT2D eigenvalue weighted by Crippen LogP contribution is 2.51. The Bertz CT molecular complexity index is 2290. The second-order valence-corrected chi connectivity index (χ2v) is 14.5. The lowest BCUT2D eigenvalue weighted by Gasteiger charge is -2.32. The van der Waals surface area contributed by atoms with Crippen LogP contribution in [0.3, 0.4) is 0 Å². The highest BCUT2D eigenvalue weighted by Gasteiger charge is 2.49. The van der Waals surface area contributed by atoms with Crippen LogP contribution in [0.2, 0.25) is 5.02 Å². The number of nitrogen functional groups attached to an aromatic ring is 2. The van der Waals surface area contributed by atoms with E-state index in [0.717, 1.165) is 30.7 Å². The molecule has 0 aliphatic carbocycles. The molecule has 4 N–H and O–H groups in total. The Morgan fingerprint density at radius 3 is 2.76 bits per heavy atom. The van der Waals surface area contributed by atoms with E-state index >= 15 is 8.78 Å². The number of thiophene rings is 1. The number of nitrogens with zero attached hydrogens (tertiary/aromatic N) is 6. The van der Waals surface area contributed by atoms with E-state index in [2.05, 4.69) is 14.9 Å². The van der Waals surface area contributed by atoms with Gasteiger partial charge in [-0.3, -0.25) is 4.90 Å². The maximum Gasteiger partial charge on any atom is 0.319 e. The van der Waals surface area contributed by atoms with Gasteiger partial charge in [-0.1, -0.05) is 17.7 Å². The third-order valence-corrected chi connectivity index (χ3v) is 11.7. The summed E-state index contributed by atoms with van der Waals surface area (Å²) >= 11 is 7.94. The van der Waals surface area contributed by atoms with E-state index in [-0.39, 0.29) is 90.9 Å². The Labute approximate surface area is 299 Å². The van der Waals surface area contributed by atoms with Gasteiger partial charge in [0.05, 0.1) is 45.9 Å². The molecule has 3 atom stereocenters. The molecule has 2 aromatic carbocycles. The molecule has 6 heterocycles. The van der Waals surface area contributed by atoms with Crippen molar-refractivity contribution in [2.24, 2.45) is 0 Å². The second-order valence-electron chi connectivity index (χ2n) is 13.0. The van der Waals surface area contributed by atoms with Crippen molar-refractivity contribution in [3.63, 3.8) is 0 Å². The van der Waals surface area contributed by atoms with Crippen molar-refractivity contribution in [3.05, 3.63) is 52.0 Å². The smallest absolute Gasteiger partial charge is 0.319 e. The minimum absolute atomic E-state index is 0.00745. The van der Waals surface area contributed by atoms with Crippen LogP contribution in [0, 0.1) is 23.0 Å². The summed E-state index contributed by atoms with van der Waals surface area (Å²) in [5, 5.41) is 10.3. The van der Waals surface area contributed by atoms with Crippen LogP contribution in [0.1, 0.15) is 43.4 Å². The summed E-state index contributed by atoms with van der Waals surface area (Å²) in [4.78, 5) is 17.8. The molecule has 0 spiro atoms. The van der Waals surface area contributed by atoms with Gasteiger partial charge in [-0.25, -0.2) is 13.2 Å². The minimum Gasteiger partial charge on any atom is -0.489 e. The number of halogens is 4. The lowest BCUT2D eigenvalue weighted by molar-refractivity contribution is 0.107. The number of pyridine rings is 1. The summed E-state index contributed by atoms with van der Waals surface area (Å²) < 4.78 is 64.9. The molecule has 3 aromatic heterocycles. The Balaban J connectivity index is 1.35. The zero-order chi connectivity index (χ0) is 35.8. The molecule has 0 amide bonds. The predicted molar refractivity (Wildman–Crippen MR) is 189 cm³/mol. The van der Waals surface area contributed by atoms with Crippen LogP contribution >= 0.6 is 22.9 Å². The fourth-order valence-electron chi connectivity index (χ4n) is 7.87. The molecular weight excluding hydrogens is 705 g/mol. The topological polar surface area (TPSA) is 149 Å². The average molecular weight is 737 g/mol. The van der Waals surface area contributed by atoms with Crippen LogP contribution < -0.4 is 30.6 Å². The first-order chi connectivity index (χ1) is 24.5. The van der Waals surface area contributed by atoms with E-state index in [4.69, 9.17) is 42.3 Å². The Hall–Kier alpha value is -4.78. The van der Waals surface area contributed by atoms with Crippen molar-refractivity contribution in [1.82, 2.24) is 19.9 Å². The van der Waals surface area contributed by atoms with Gasteiger partial charge in [0.15, 0.2) is 11.6 Å². The summed E-state index contributed by atoms with van der Waals surface area (Å²) in [6.07, 6.45) is 0.995. The average Bonchev–Trinajstić information content (AvgIpc) is 3.71. The lowest BCUT2D eigenvalue weighted by Crippen LogP contribution is -2.43. The zero-order valence-corrected chi connectivity index (χ0v) is 29.2. The van der Waals surface area contributed by atoms with Gasteiger partial charge in [0.1, 0.15) is 53.4 Å². The number of hydrogen-bond acceptors (Lipinski definition) is 12. The minimum atomic E-state index is -0.977. The molecule has 11 nitrogen and oxygen atoms in total. The van der Waals surface area contributed by atoms with E-state index < -0.39 is 29.4 Å². The van der Waals surface area contributed by atoms with Gasteiger partial charge in [-0.05, 0) is 44.0 Å². The maximum absolute atomic E-state index is 17.3. The third-order valence-electron chi connectivity index (χ3n) is 10.3. The number of alkyl halides is 1. The summed E-state index contributed by atoms with van der Waals surface area (Å²) in [7, 11) is 1.49. The number of anilines is 3. The van der Waals surface area contributed by atoms with Crippen LogP contribution in [-0.4, -0.2) is 71.5 Å². The number of benzene rings is 2. The number of rotatable bonds is 7. The molecule has 0 unspecified atom stereocenters. The highest BCUT2D eigenvalue weighted by atomic mass is 35.5. The first-order valence-electron chi connectivity index (χ1n) is 16.4. The number of methoxy groups -OCH3 is 1. The molecule has 16 heteroatoms. The third kappa shape index (κ3) is 5.22.